The van der Waals surface area contributed by atoms with Crippen LogP contribution in [-0.4, -0.2) is 12.7 Å². The van der Waals surface area contributed by atoms with Crippen LogP contribution >= 0.6 is 0 Å². The van der Waals surface area contributed by atoms with Crippen LogP contribution < -0.4 is 5.32 Å². The van der Waals surface area contributed by atoms with E-state index in [2.05, 4.69) is 58.2 Å². The summed E-state index contributed by atoms with van der Waals surface area (Å²) in [4.78, 5) is 11.8. The van der Waals surface area contributed by atoms with Gasteiger partial charge in [-0.25, -0.2) is 4.79 Å². The SMILES string of the molecule is CC(C)=CCCC(C)=CCCC(C)=CCCC(C)=CCOC(=O)Nc1ccccc1. The molecule has 0 aromatic heterocycles. The molecule has 1 rings (SSSR count). The summed E-state index contributed by atoms with van der Waals surface area (Å²) in [6.07, 6.45) is 15.1. The highest BCUT2D eigenvalue weighted by Gasteiger charge is 2.01. The van der Waals surface area contributed by atoms with Gasteiger partial charge in [-0.05, 0) is 91.4 Å². The summed E-state index contributed by atoms with van der Waals surface area (Å²) in [7, 11) is 0. The molecule has 0 saturated heterocycles. The van der Waals surface area contributed by atoms with Crippen molar-refractivity contribution < 1.29 is 9.53 Å². The van der Waals surface area contributed by atoms with Gasteiger partial charge < -0.3 is 4.74 Å². The molecule has 1 aromatic rings. The van der Waals surface area contributed by atoms with Crippen molar-refractivity contribution in [2.24, 2.45) is 0 Å². The van der Waals surface area contributed by atoms with Crippen LogP contribution in [0.4, 0.5) is 10.5 Å². The van der Waals surface area contributed by atoms with E-state index in [9.17, 15) is 4.79 Å². The van der Waals surface area contributed by atoms with Gasteiger partial charge in [0.2, 0.25) is 0 Å². The standard InChI is InChI=1S/C27H39NO2/c1-22(2)12-9-13-23(3)14-10-15-24(4)16-11-17-25(5)20-21-30-27(29)28-26-18-7-6-8-19-26/h6-8,12,14,16,18-20H,9-11,13,15,17,21H2,1-5H3,(H,28,29). The molecule has 0 aliphatic heterocycles. The fourth-order valence-electron chi connectivity index (χ4n) is 2.92. The molecule has 0 heterocycles. The summed E-state index contributed by atoms with van der Waals surface area (Å²) in [5.41, 5.74) is 6.29. The number of allylic oxidation sites excluding steroid dienone is 7. The number of carbonyl (C=O) groups is 1. The molecular formula is C27H39NO2. The van der Waals surface area contributed by atoms with Gasteiger partial charge >= 0.3 is 6.09 Å². The molecule has 0 saturated carbocycles. The second kappa shape index (κ2) is 15.3. The fourth-order valence-corrected chi connectivity index (χ4v) is 2.92. The molecule has 0 fully saturated rings. The third kappa shape index (κ3) is 13.6. The van der Waals surface area contributed by atoms with Crippen molar-refractivity contribution in [3.8, 4) is 0 Å². The molecule has 3 nitrogen and oxygen atoms in total. The smallest absolute Gasteiger partial charge is 0.411 e. The number of carbonyl (C=O) groups excluding carboxylic acids is 1. The van der Waals surface area contributed by atoms with E-state index in [1.807, 2.05) is 36.4 Å². The van der Waals surface area contributed by atoms with Gasteiger partial charge in [0.25, 0.3) is 0 Å². The van der Waals surface area contributed by atoms with Crippen molar-refractivity contribution >= 4 is 11.8 Å². The van der Waals surface area contributed by atoms with Crippen LogP contribution in [0.15, 0.2) is 76.9 Å². The Kier molecular flexibility index (Phi) is 13.0. The van der Waals surface area contributed by atoms with Crippen molar-refractivity contribution in [2.45, 2.75) is 73.1 Å². The van der Waals surface area contributed by atoms with Crippen molar-refractivity contribution in [1.29, 1.82) is 0 Å². The maximum atomic E-state index is 11.8. The first-order valence-electron chi connectivity index (χ1n) is 11.0. The number of hydrogen-bond donors (Lipinski definition) is 1. The summed E-state index contributed by atoms with van der Waals surface area (Å²) in [6.45, 7) is 11.1. The van der Waals surface area contributed by atoms with E-state index < -0.39 is 6.09 Å². The predicted octanol–water partition coefficient (Wildman–Crippen LogP) is 8.38. The zero-order chi connectivity index (χ0) is 22.2. The predicted molar refractivity (Wildman–Crippen MR) is 130 cm³/mol. The Hall–Kier alpha value is -2.55. The van der Waals surface area contributed by atoms with Gasteiger partial charge in [0.05, 0.1) is 0 Å². The Morgan fingerprint density at radius 3 is 1.80 bits per heavy atom. The van der Waals surface area contributed by atoms with E-state index in [-0.39, 0.29) is 0 Å². The highest BCUT2D eigenvalue weighted by Crippen LogP contribution is 2.13. The average molecular weight is 410 g/mol. The minimum absolute atomic E-state index is 0.296. The number of para-hydroxylation sites is 1. The van der Waals surface area contributed by atoms with Crippen molar-refractivity contribution in [1.82, 2.24) is 0 Å². The van der Waals surface area contributed by atoms with Crippen LogP contribution in [0.5, 0.6) is 0 Å². The monoisotopic (exact) mass is 409 g/mol. The Balaban J connectivity index is 2.21. The number of nitrogens with one attached hydrogen (secondary N) is 1. The molecular weight excluding hydrogens is 370 g/mol. The third-order valence-electron chi connectivity index (χ3n) is 4.82. The van der Waals surface area contributed by atoms with Gasteiger partial charge in [0.15, 0.2) is 0 Å². The topological polar surface area (TPSA) is 38.3 Å². The van der Waals surface area contributed by atoms with E-state index in [0.29, 0.717) is 6.61 Å². The van der Waals surface area contributed by atoms with Gasteiger partial charge in [-0.2, -0.15) is 0 Å². The molecule has 0 aliphatic rings. The van der Waals surface area contributed by atoms with Crippen molar-refractivity contribution in [3.05, 3.63) is 76.9 Å². The Labute approximate surface area is 183 Å². The Bertz CT molecular complexity index is 750. The van der Waals surface area contributed by atoms with E-state index in [0.717, 1.165) is 44.2 Å². The molecule has 0 radical (unpaired) electrons. The summed E-state index contributed by atoms with van der Waals surface area (Å²) in [5.74, 6) is 0. The Morgan fingerprint density at radius 2 is 1.27 bits per heavy atom. The summed E-state index contributed by atoms with van der Waals surface area (Å²) in [6, 6.07) is 9.32. The zero-order valence-corrected chi connectivity index (χ0v) is 19.5. The number of benzene rings is 1. The molecule has 1 aromatic carbocycles. The van der Waals surface area contributed by atoms with Crippen LogP contribution in [0.3, 0.4) is 0 Å². The van der Waals surface area contributed by atoms with Gasteiger partial charge in [-0.15, -0.1) is 0 Å². The third-order valence-corrected chi connectivity index (χ3v) is 4.82. The largest absolute Gasteiger partial charge is 0.445 e. The van der Waals surface area contributed by atoms with E-state index in [1.54, 1.807) is 0 Å². The number of hydrogen-bond acceptors (Lipinski definition) is 2. The maximum absolute atomic E-state index is 11.8. The van der Waals surface area contributed by atoms with Gasteiger partial charge in [-0.3, -0.25) is 5.32 Å². The first-order chi connectivity index (χ1) is 14.4. The van der Waals surface area contributed by atoms with Crippen molar-refractivity contribution in [3.63, 3.8) is 0 Å². The molecule has 0 atom stereocenters. The molecule has 0 bridgehead atoms. The summed E-state index contributed by atoms with van der Waals surface area (Å²) in [5, 5.41) is 2.71. The van der Waals surface area contributed by atoms with Crippen LogP contribution in [-0.2, 0) is 4.74 Å². The molecule has 0 spiro atoms. The number of anilines is 1. The van der Waals surface area contributed by atoms with E-state index in [4.69, 9.17) is 4.74 Å². The van der Waals surface area contributed by atoms with Crippen LogP contribution in [0, 0.1) is 0 Å². The van der Waals surface area contributed by atoms with Crippen LogP contribution in [0.1, 0.15) is 73.1 Å². The van der Waals surface area contributed by atoms with E-state index in [1.165, 1.54) is 22.3 Å². The highest BCUT2D eigenvalue weighted by molar-refractivity contribution is 5.84. The normalized spacial score (nSPS) is 12.5. The lowest BCUT2D eigenvalue weighted by atomic mass is 10.0. The number of rotatable bonds is 12. The molecule has 0 aliphatic carbocycles. The first-order valence-corrected chi connectivity index (χ1v) is 11.0. The quantitative estimate of drug-likeness (QED) is 0.352. The lowest BCUT2D eigenvalue weighted by Gasteiger charge is -2.06. The van der Waals surface area contributed by atoms with Gasteiger partial charge in [-0.1, -0.05) is 58.7 Å². The maximum Gasteiger partial charge on any atom is 0.411 e. The van der Waals surface area contributed by atoms with E-state index >= 15 is 0 Å². The minimum Gasteiger partial charge on any atom is -0.445 e. The lowest BCUT2D eigenvalue weighted by molar-refractivity contribution is 0.174. The van der Waals surface area contributed by atoms with Crippen molar-refractivity contribution in [2.75, 3.05) is 11.9 Å². The molecule has 30 heavy (non-hydrogen) atoms. The second-order valence-corrected chi connectivity index (χ2v) is 8.14. The average Bonchev–Trinajstić information content (AvgIpc) is 2.68. The molecule has 3 heteroatoms. The van der Waals surface area contributed by atoms with Gasteiger partial charge in [0.1, 0.15) is 6.61 Å². The molecule has 0 unspecified atom stereocenters. The minimum atomic E-state index is -0.426. The summed E-state index contributed by atoms with van der Waals surface area (Å²) < 4.78 is 5.21. The Morgan fingerprint density at radius 1 is 0.767 bits per heavy atom. The molecule has 1 amide bonds. The fraction of sp³-hybridized carbons (Fsp3) is 0.444. The number of ether oxygens (including phenoxy) is 1. The zero-order valence-electron chi connectivity index (χ0n) is 19.5. The number of amides is 1. The van der Waals surface area contributed by atoms with Crippen LogP contribution in [0.25, 0.3) is 0 Å². The molecule has 1 N–H and O–H groups in total. The first kappa shape index (κ1) is 25.5. The summed E-state index contributed by atoms with van der Waals surface area (Å²) >= 11 is 0. The second-order valence-electron chi connectivity index (χ2n) is 8.14. The van der Waals surface area contributed by atoms with Gasteiger partial charge in [0, 0.05) is 5.69 Å². The lowest BCUT2D eigenvalue weighted by Crippen LogP contribution is -2.13. The molecule has 164 valence electrons. The van der Waals surface area contributed by atoms with Crippen LogP contribution in [0.2, 0.25) is 0 Å². The highest BCUT2D eigenvalue weighted by atomic mass is 16.5.